The number of benzene rings is 2. The van der Waals surface area contributed by atoms with Crippen molar-refractivity contribution < 1.29 is 19.1 Å². The summed E-state index contributed by atoms with van der Waals surface area (Å²) in [6.07, 6.45) is 0.213. The highest BCUT2D eigenvalue weighted by Gasteiger charge is 2.16. The number of nitrogens with one attached hydrogen (secondary N) is 2. The molecule has 2 aromatic rings. The van der Waals surface area contributed by atoms with Gasteiger partial charge in [0, 0.05) is 0 Å². The van der Waals surface area contributed by atoms with Gasteiger partial charge in [0.15, 0.2) is 12.7 Å². The van der Waals surface area contributed by atoms with Gasteiger partial charge in [-0.15, -0.1) is 0 Å². The zero-order valence-electron chi connectivity index (χ0n) is 17.7. The number of rotatable bonds is 8. The fourth-order valence-electron chi connectivity index (χ4n) is 2.70. The van der Waals surface area contributed by atoms with Crippen molar-refractivity contribution in [2.45, 2.75) is 53.1 Å². The lowest BCUT2D eigenvalue weighted by Crippen LogP contribution is -2.48. The highest BCUT2D eigenvalue weighted by atomic mass is 16.5. The third-order valence-corrected chi connectivity index (χ3v) is 4.91. The quantitative estimate of drug-likeness (QED) is 0.663. The van der Waals surface area contributed by atoms with Crippen molar-refractivity contribution in [2.75, 3.05) is 6.61 Å². The molecule has 0 aliphatic carbocycles. The minimum Gasteiger partial charge on any atom is -0.483 e. The van der Waals surface area contributed by atoms with E-state index in [1.165, 1.54) is 0 Å². The van der Waals surface area contributed by atoms with Gasteiger partial charge in [0.1, 0.15) is 11.5 Å². The average molecular weight is 399 g/mol. The molecule has 29 heavy (non-hydrogen) atoms. The Balaban J connectivity index is 1.81. The van der Waals surface area contributed by atoms with Crippen LogP contribution in [0, 0.1) is 13.8 Å². The summed E-state index contributed by atoms with van der Waals surface area (Å²) < 4.78 is 11.3. The predicted octanol–water partition coefficient (Wildman–Crippen LogP) is 3.81. The lowest BCUT2D eigenvalue weighted by Gasteiger charge is -2.17. The standard InChI is InChI=1S/C23H30N2O4/c1-6-15(2)20-9-7-8-10-21(20)28-14-22(26)24-25-23(27)18(5)29-19-12-11-16(3)17(4)13-19/h7-13,15,18H,6,14H2,1-5H3,(H,24,26)(H,25,27). The summed E-state index contributed by atoms with van der Waals surface area (Å²) in [5.74, 6) is 0.714. The molecule has 2 rings (SSSR count). The van der Waals surface area contributed by atoms with E-state index in [0.29, 0.717) is 17.4 Å². The summed E-state index contributed by atoms with van der Waals surface area (Å²) in [6.45, 7) is 9.63. The molecule has 2 unspecified atom stereocenters. The first-order valence-electron chi connectivity index (χ1n) is 9.86. The van der Waals surface area contributed by atoms with Gasteiger partial charge < -0.3 is 9.47 Å². The van der Waals surface area contributed by atoms with E-state index in [9.17, 15) is 9.59 Å². The Morgan fingerprint density at radius 2 is 1.72 bits per heavy atom. The maximum Gasteiger partial charge on any atom is 0.279 e. The smallest absolute Gasteiger partial charge is 0.279 e. The number of ether oxygens (including phenoxy) is 2. The van der Waals surface area contributed by atoms with Gasteiger partial charge in [-0.05, 0) is 68.0 Å². The van der Waals surface area contributed by atoms with E-state index in [-0.39, 0.29) is 6.61 Å². The molecule has 2 amide bonds. The van der Waals surface area contributed by atoms with Crippen molar-refractivity contribution in [3.63, 3.8) is 0 Å². The maximum atomic E-state index is 12.2. The van der Waals surface area contributed by atoms with Crippen LogP contribution in [0.3, 0.4) is 0 Å². The topological polar surface area (TPSA) is 76.7 Å². The van der Waals surface area contributed by atoms with Gasteiger partial charge in [0.2, 0.25) is 0 Å². The largest absolute Gasteiger partial charge is 0.483 e. The summed E-state index contributed by atoms with van der Waals surface area (Å²) in [6, 6.07) is 13.3. The van der Waals surface area contributed by atoms with Crippen LogP contribution in [-0.4, -0.2) is 24.5 Å². The minimum atomic E-state index is -0.760. The lowest BCUT2D eigenvalue weighted by atomic mass is 9.98. The molecule has 0 heterocycles. The second kappa shape index (κ2) is 10.5. The summed E-state index contributed by atoms with van der Waals surface area (Å²) in [4.78, 5) is 24.2. The Morgan fingerprint density at radius 3 is 2.41 bits per heavy atom. The normalized spacial score (nSPS) is 12.6. The third-order valence-electron chi connectivity index (χ3n) is 4.91. The Bertz CT molecular complexity index is 851. The molecule has 156 valence electrons. The molecule has 0 spiro atoms. The molecule has 0 aliphatic heterocycles. The Hall–Kier alpha value is -3.02. The first-order chi connectivity index (χ1) is 13.8. The van der Waals surface area contributed by atoms with E-state index in [1.807, 2.05) is 56.3 Å². The second-order valence-electron chi connectivity index (χ2n) is 7.18. The SMILES string of the molecule is CCC(C)c1ccccc1OCC(=O)NNC(=O)C(C)Oc1ccc(C)c(C)c1. The Kier molecular flexibility index (Phi) is 8.07. The molecule has 0 aromatic heterocycles. The number of carbonyl (C=O) groups is 2. The van der Waals surface area contributed by atoms with Crippen LogP contribution in [0.1, 0.15) is 49.8 Å². The van der Waals surface area contributed by atoms with Crippen LogP contribution in [0.2, 0.25) is 0 Å². The van der Waals surface area contributed by atoms with E-state index in [0.717, 1.165) is 23.1 Å². The molecule has 6 nitrogen and oxygen atoms in total. The number of para-hydroxylation sites is 1. The first kappa shape index (κ1) is 22.3. The van der Waals surface area contributed by atoms with Gasteiger partial charge in [0.25, 0.3) is 11.8 Å². The van der Waals surface area contributed by atoms with Crippen LogP contribution in [0.5, 0.6) is 11.5 Å². The molecule has 0 fully saturated rings. The van der Waals surface area contributed by atoms with Crippen molar-refractivity contribution >= 4 is 11.8 Å². The summed E-state index contributed by atoms with van der Waals surface area (Å²) in [5, 5.41) is 0. The highest BCUT2D eigenvalue weighted by molar-refractivity contribution is 5.85. The second-order valence-corrected chi connectivity index (χ2v) is 7.18. The molecule has 0 radical (unpaired) electrons. The summed E-state index contributed by atoms with van der Waals surface area (Å²) in [7, 11) is 0. The fourth-order valence-corrected chi connectivity index (χ4v) is 2.70. The zero-order chi connectivity index (χ0) is 21.4. The fraction of sp³-hybridized carbons (Fsp3) is 0.391. The molecule has 6 heteroatoms. The molecular weight excluding hydrogens is 368 g/mol. The van der Waals surface area contributed by atoms with Gasteiger partial charge in [-0.25, -0.2) is 0 Å². The van der Waals surface area contributed by atoms with Crippen LogP contribution in [0.15, 0.2) is 42.5 Å². The van der Waals surface area contributed by atoms with Crippen molar-refractivity contribution in [3.05, 3.63) is 59.2 Å². The van der Waals surface area contributed by atoms with E-state index >= 15 is 0 Å². The van der Waals surface area contributed by atoms with Gasteiger partial charge in [-0.3, -0.25) is 20.4 Å². The number of hydrogen-bond donors (Lipinski definition) is 2. The Morgan fingerprint density at radius 1 is 1.00 bits per heavy atom. The summed E-state index contributed by atoms with van der Waals surface area (Å²) in [5.41, 5.74) is 8.02. The van der Waals surface area contributed by atoms with E-state index in [4.69, 9.17) is 9.47 Å². The predicted molar refractivity (Wildman–Crippen MR) is 113 cm³/mol. The number of amides is 2. The molecule has 0 bridgehead atoms. The van der Waals surface area contributed by atoms with Crippen molar-refractivity contribution in [1.82, 2.24) is 10.9 Å². The van der Waals surface area contributed by atoms with Gasteiger partial charge in [-0.2, -0.15) is 0 Å². The third kappa shape index (κ3) is 6.52. The number of carbonyl (C=O) groups excluding carboxylic acids is 2. The van der Waals surface area contributed by atoms with Crippen LogP contribution in [-0.2, 0) is 9.59 Å². The zero-order valence-corrected chi connectivity index (χ0v) is 17.7. The van der Waals surface area contributed by atoms with E-state index in [1.54, 1.807) is 6.92 Å². The first-order valence-corrected chi connectivity index (χ1v) is 9.86. The molecule has 0 saturated carbocycles. The molecule has 0 aliphatic rings. The van der Waals surface area contributed by atoms with Crippen molar-refractivity contribution in [2.24, 2.45) is 0 Å². The maximum absolute atomic E-state index is 12.2. The molecular formula is C23H30N2O4. The number of hydrogen-bond acceptors (Lipinski definition) is 4. The van der Waals surface area contributed by atoms with Crippen LogP contribution in [0.25, 0.3) is 0 Å². The number of aryl methyl sites for hydroxylation is 2. The van der Waals surface area contributed by atoms with Gasteiger partial charge in [0.05, 0.1) is 0 Å². The van der Waals surface area contributed by atoms with Gasteiger partial charge >= 0.3 is 0 Å². The monoisotopic (exact) mass is 398 g/mol. The van der Waals surface area contributed by atoms with Crippen LogP contribution >= 0.6 is 0 Å². The van der Waals surface area contributed by atoms with E-state index in [2.05, 4.69) is 24.7 Å². The lowest BCUT2D eigenvalue weighted by molar-refractivity contribution is -0.133. The van der Waals surface area contributed by atoms with Gasteiger partial charge in [-0.1, -0.05) is 38.1 Å². The van der Waals surface area contributed by atoms with Crippen molar-refractivity contribution in [3.8, 4) is 11.5 Å². The minimum absolute atomic E-state index is 0.194. The van der Waals surface area contributed by atoms with Crippen molar-refractivity contribution in [1.29, 1.82) is 0 Å². The van der Waals surface area contributed by atoms with Crippen LogP contribution in [0.4, 0.5) is 0 Å². The van der Waals surface area contributed by atoms with E-state index < -0.39 is 17.9 Å². The number of hydrazine groups is 1. The summed E-state index contributed by atoms with van der Waals surface area (Å²) >= 11 is 0. The highest BCUT2D eigenvalue weighted by Crippen LogP contribution is 2.28. The van der Waals surface area contributed by atoms with Crippen LogP contribution < -0.4 is 20.3 Å². The Labute approximate surface area is 172 Å². The molecule has 2 atom stereocenters. The molecule has 0 saturated heterocycles. The molecule has 2 aromatic carbocycles. The molecule has 2 N–H and O–H groups in total. The average Bonchev–Trinajstić information content (AvgIpc) is 2.72.